The molecule has 102 valence electrons. The Morgan fingerprint density at radius 2 is 1.82 bits per heavy atom. The van der Waals surface area contributed by atoms with Crippen LogP contribution in [0.25, 0.3) is 0 Å². The Labute approximate surface area is 111 Å². The van der Waals surface area contributed by atoms with Crippen LogP contribution in [0.15, 0.2) is 0 Å². The van der Waals surface area contributed by atoms with Gasteiger partial charge in [-0.1, -0.05) is 32.6 Å². The Bertz CT molecular complexity index is 318. The molecule has 1 aliphatic heterocycles. The zero-order valence-corrected chi connectivity index (χ0v) is 12.4. The van der Waals surface area contributed by atoms with Crippen molar-refractivity contribution in [3.05, 3.63) is 0 Å². The van der Waals surface area contributed by atoms with Crippen molar-refractivity contribution in [1.82, 2.24) is 4.31 Å². The maximum absolute atomic E-state index is 11.5. The standard InChI is InChI=1S/C12H24ClNO2S/c1-3-4-5-6-7-11-9-14(17(2,15)16)10-12(11)8-13/h11-12H,3-10H2,1-2H3. The predicted octanol–water partition coefficient (Wildman–Crippen LogP) is 2.70. The van der Waals surface area contributed by atoms with E-state index in [1.807, 2.05) is 0 Å². The van der Waals surface area contributed by atoms with Gasteiger partial charge in [-0.3, -0.25) is 0 Å². The molecule has 5 heteroatoms. The lowest BCUT2D eigenvalue weighted by Crippen LogP contribution is -2.27. The minimum atomic E-state index is -3.04. The molecule has 1 heterocycles. The molecule has 0 aliphatic carbocycles. The lowest BCUT2D eigenvalue weighted by molar-refractivity contribution is 0.401. The lowest BCUT2D eigenvalue weighted by atomic mass is 9.92. The van der Waals surface area contributed by atoms with E-state index in [2.05, 4.69) is 6.92 Å². The van der Waals surface area contributed by atoms with Gasteiger partial charge in [-0.25, -0.2) is 12.7 Å². The Kier molecular flexibility index (Phi) is 6.24. The fourth-order valence-corrected chi connectivity index (χ4v) is 3.78. The molecular formula is C12H24ClNO2S. The van der Waals surface area contributed by atoms with Gasteiger partial charge in [0.1, 0.15) is 0 Å². The van der Waals surface area contributed by atoms with E-state index in [0.717, 1.165) is 6.42 Å². The average molecular weight is 282 g/mol. The molecule has 17 heavy (non-hydrogen) atoms. The van der Waals surface area contributed by atoms with Crippen molar-refractivity contribution in [3.8, 4) is 0 Å². The van der Waals surface area contributed by atoms with E-state index in [0.29, 0.717) is 30.8 Å². The monoisotopic (exact) mass is 281 g/mol. The van der Waals surface area contributed by atoms with Gasteiger partial charge in [-0.2, -0.15) is 0 Å². The largest absolute Gasteiger partial charge is 0.213 e. The number of nitrogens with zero attached hydrogens (tertiary/aromatic N) is 1. The fraction of sp³-hybridized carbons (Fsp3) is 1.00. The molecule has 2 atom stereocenters. The van der Waals surface area contributed by atoms with E-state index in [4.69, 9.17) is 11.6 Å². The number of unbranched alkanes of at least 4 members (excludes halogenated alkanes) is 3. The van der Waals surface area contributed by atoms with Crippen molar-refractivity contribution >= 4 is 21.6 Å². The smallest absolute Gasteiger partial charge is 0.211 e. The van der Waals surface area contributed by atoms with Crippen LogP contribution in [0.3, 0.4) is 0 Å². The van der Waals surface area contributed by atoms with Crippen molar-refractivity contribution in [1.29, 1.82) is 0 Å². The topological polar surface area (TPSA) is 37.4 Å². The summed E-state index contributed by atoms with van der Waals surface area (Å²) >= 11 is 5.94. The highest BCUT2D eigenvalue weighted by atomic mass is 35.5. The molecule has 0 aromatic carbocycles. The first-order valence-electron chi connectivity index (χ1n) is 6.50. The summed E-state index contributed by atoms with van der Waals surface area (Å²) in [6, 6.07) is 0. The molecule has 3 nitrogen and oxygen atoms in total. The van der Waals surface area contributed by atoms with E-state index in [1.54, 1.807) is 4.31 Å². The molecule has 1 fully saturated rings. The first-order valence-corrected chi connectivity index (χ1v) is 8.88. The highest BCUT2D eigenvalue weighted by Gasteiger charge is 2.35. The van der Waals surface area contributed by atoms with E-state index in [1.165, 1.54) is 31.9 Å². The van der Waals surface area contributed by atoms with Crippen LogP contribution in [0.1, 0.15) is 39.0 Å². The predicted molar refractivity (Wildman–Crippen MR) is 72.9 cm³/mol. The number of alkyl halides is 1. The van der Waals surface area contributed by atoms with Crippen LogP contribution in [0, 0.1) is 11.8 Å². The van der Waals surface area contributed by atoms with Gasteiger partial charge in [0, 0.05) is 19.0 Å². The van der Waals surface area contributed by atoms with Crippen LogP contribution in [-0.2, 0) is 10.0 Å². The van der Waals surface area contributed by atoms with Crippen LogP contribution in [0.4, 0.5) is 0 Å². The number of hydrogen-bond donors (Lipinski definition) is 0. The highest BCUT2D eigenvalue weighted by molar-refractivity contribution is 7.88. The zero-order valence-electron chi connectivity index (χ0n) is 10.9. The molecule has 0 aromatic rings. The molecular weight excluding hydrogens is 258 g/mol. The van der Waals surface area contributed by atoms with Crippen LogP contribution >= 0.6 is 11.6 Å². The number of sulfonamides is 1. The second-order valence-electron chi connectivity index (χ2n) is 5.10. The highest BCUT2D eigenvalue weighted by Crippen LogP contribution is 2.30. The van der Waals surface area contributed by atoms with Crippen LogP contribution in [0.5, 0.6) is 0 Å². The molecule has 1 aliphatic rings. The van der Waals surface area contributed by atoms with E-state index < -0.39 is 10.0 Å². The van der Waals surface area contributed by atoms with Gasteiger partial charge in [-0.15, -0.1) is 11.6 Å². The maximum Gasteiger partial charge on any atom is 0.211 e. The summed E-state index contributed by atoms with van der Waals surface area (Å²) in [5.74, 6) is 1.37. The first kappa shape index (κ1) is 15.3. The van der Waals surface area contributed by atoms with E-state index >= 15 is 0 Å². The minimum absolute atomic E-state index is 0.341. The second kappa shape index (κ2) is 6.95. The van der Waals surface area contributed by atoms with Gasteiger partial charge < -0.3 is 0 Å². The summed E-state index contributed by atoms with van der Waals surface area (Å²) in [6.07, 6.45) is 7.36. The van der Waals surface area contributed by atoms with E-state index in [9.17, 15) is 8.42 Å². The Morgan fingerprint density at radius 3 is 2.35 bits per heavy atom. The summed E-state index contributed by atoms with van der Waals surface area (Å²) in [4.78, 5) is 0. The van der Waals surface area contributed by atoms with Gasteiger partial charge in [0.25, 0.3) is 0 Å². The molecule has 0 aromatic heterocycles. The third-order valence-corrected chi connectivity index (χ3v) is 5.27. The van der Waals surface area contributed by atoms with Gasteiger partial charge in [0.2, 0.25) is 10.0 Å². The van der Waals surface area contributed by atoms with Crippen LogP contribution in [0.2, 0.25) is 0 Å². The van der Waals surface area contributed by atoms with Crippen molar-refractivity contribution in [2.75, 3.05) is 25.2 Å². The Hall–Kier alpha value is 0.200. The molecule has 0 radical (unpaired) electrons. The summed E-state index contributed by atoms with van der Waals surface area (Å²) in [5.41, 5.74) is 0. The Morgan fingerprint density at radius 1 is 1.18 bits per heavy atom. The van der Waals surface area contributed by atoms with Gasteiger partial charge in [-0.05, 0) is 18.3 Å². The minimum Gasteiger partial charge on any atom is -0.213 e. The third kappa shape index (κ3) is 4.76. The van der Waals surface area contributed by atoms with Crippen molar-refractivity contribution < 1.29 is 8.42 Å². The first-order chi connectivity index (χ1) is 7.99. The summed E-state index contributed by atoms with van der Waals surface area (Å²) in [6.45, 7) is 3.48. The quantitative estimate of drug-likeness (QED) is 0.531. The molecule has 1 rings (SSSR count). The van der Waals surface area contributed by atoms with Crippen molar-refractivity contribution in [3.63, 3.8) is 0 Å². The van der Waals surface area contributed by atoms with Crippen molar-refractivity contribution in [2.24, 2.45) is 11.8 Å². The number of hydrogen-bond acceptors (Lipinski definition) is 2. The molecule has 1 saturated heterocycles. The maximum atomic E-state index is 11.5. The zero-order chi connectivity index (χ0) is 12.9. The van der Waals surface area contributed by atoms with Gasteiger partial charge in [0.15, 0.2) is 0 Å². The molecule has 2 unspecified atom stereocenters. The molecule has 0 bridgehead atoms. The normalized spacial score (nSPS) is 26.5. The molecule has 0 saturated carbocycles. The SMILES string of the molecule is CCCCCCC1CN(S(C)(=O)=O)CC1CCl. The summed E-state index contributed by atoms with van der Waals surface area (Å²) < 4.78 is 24.6. The molecule has 0 spiro atoms. The van der Waals surface area contributed by atoms with Crippen molar-refractivity contribution in [2.45, 2.75) is 39.0 Å². The third-order valence-electron chi connectivity index (χ3n) is 3.64. The average Bonchev–Trinajstić information content (AvgIpc) is 2.67. The summed E-state index contributed by atoms with van der Waals surface area (Å²) in [5, 5.41) is 0. The van der Waals surface area contributed by atoms with E-state index in [-0.39, 0.29) is 0 Å². The second-order valence-corrected chi connectivity index (χ2v) is 7.39. The Balaban J connectivity index is 2.43. The number of halogens is 1. The van der Waals surface area contributed by atoms with Gasteiger partial charge >= 0.3 is 0 Å². The lowest BCUT2D eigenvalue weighted by Gasteiger charge is -2.15. The van der Waals surface area contributed by atoms with Crippen LogP contribution in [-0.4, -0.2) is 37.9 Å². The molecule has 0 N–H and O–H groups in total. The number of rotatable bonds is 7. The van der Waals surface area contributed by atoms with Crippen LogP contribution < -0.4 is 0 Å². The summed E-state index contributed by atoms with van der Waals surface area (Å²) in [7, 11) is -3.04. The fourth-order valence-electron chi connectivity index (χ4n) is 2.50. The molecule has 0 amide bonds. The van der Waals surface area contributed by atoms with Gasteiger partial charge in [0.05, 0.1) is 6.26 Å².